The molecule has 4 aromatic rings. The predicted octanol–water partition coefficient (Wildman–Crippen LogP) is 6.05. The molecule has 1 aliphatic heterocycles. The summed E-state index contributed by atoms with van der Waals surface area (Å²) in [5, 5.41) is 22.3. The van der Waals surface area contributed by atoms with Crippen LogP contribution in [0.3, 0.4) is 0 Å². The maximum atomic E-state index is 13.4. The number of ketones is 1. The van der Waals surface area contributed by atoms with Gasteiger partial charge in [0.1, 0.15) is 5.76 Å². The van der Waals surface area contributed by atoms with Gasteiger partial charge < -0.3 is 14.9 Å². The maximum absolute atomic E-state index is 13.4. The Kier molecular flexibility index (Phi) is 6.00. The number of aliphatic hydroxyl groups is 1. The van der Waals surface area contributed by atoms with Gasteiger partial charge in [-0.2, -0.15) is 0 Å². The van der Waals surface area contributed by atoms with Crippen LogP contribution in [-0.2, 0) is 9.59 Å². The first-order valence-electron chi connectivity index (χ1n) is 10.3. The average Bonchev–Trinajstić information content (AvgIpc) is 3.38. The standard InChI is InChI=1S/C25H16BrClN2O5S/c1-34-17-10-13(9-15(26)22(17)31)20-19(21(30)12-5-3-2-4-6-12)23(32)24(33)29(20)25-28-16-8-7-14(27)11-18(16)35-25/h2-11,20,30-31H,1H3/b21-19+. The number of benzene rings is 3. The largest absolute Gasteiger partial charge is 0.507 e. The summed E-state index contributed by atoms with van der Waals surface area (Å²) in [5.41, 5.74) is 1.33. The monoisotopic (exact) mass is 570 g/mol. The third-order valence-corrected chi connectivity index (χ3v) is 7.48. The molecule has 3 aromatic carbocycles. The highest BCUT2D eigenvalue weighted by Crippen LogP contribution is 2.47. The van der Waals surface area contributed by atoms with E-state index in [-0.39, 0.29) is 28.0 Å². The van der Waals surface area contributed by atoms with Gasteiger partial charge >= 0.3 is 5.91 Å². The van der Waals surface area contributed by atoms with E-state index in [0.717, 1.165) is 4.70 Å². The minimum absolute atomic E-state index is 0.0990. The number of phenols is 1. The number of thiazole rings is 1. The van der Waals surface area contributed by atoms with Crippen molar-refractivity contribution in [2.75, 3.05) is 12.0 Å². The minimum Gasteiger partial charge on any atom is -0.507 e. The lowest BCUT2D eigenvalue weighted by molar-refractivity contribution is -0.132. The van der Waals surface area contributed by atoms with Crippen molar-refractivity contribution < 1.29 is 24.5 Å². The highest BCUT2D eigenvalue weighted by molar-refractivity contribution is 9.10. The van der Waals surface area contributed by atoms with E-state index in [0.29, 0.717) is 26.1 Å². The van der Waals surface area contributed by atoms with Crippen molar-refractivity contribution in [1.82, 2.24) is 4.98 Å². The van der Waals surface area contributed by atoms with Crippen LogP contribution in [0.15, 0.2) is 70.7 Å². The number of Topliss-reactive ketones (excluding diaryl/α,β-unsaturated/α-hetero) is 1. The van der Waals surface area contributed by atoms with Crippen LogP contribution >= 0.6 is 38.9 Å². The Morgan fingerprint density at radius 1 is 1.14 bits per heavy atom. The fourth-order valence-electron chi connectivity index (χ4n) is 3.99. The second kappa shape index (κ2) is 8.99. The second-order valence-electron chi connectivity index (χ2n) is 7.70. The number of hydrogen-bond donors (Lipinski definition) is 2. The van der Waals surface area contributed by atoms with Crippen LogP contribution in [0.5, 0.6) is 11.5 Å². The van der Waals surface area contributed by atoms with E-state index in [2.05, 4.69) is 20.9 Å². The molecule has 176 valence electrons. The van der Waals surface area contributed by atoms with Gasteiger partial charge in [0.2, 0.25) is 0 Å². The summed E-state index contributed by atoms with van der Waals surface area (Å²) in [4.78, 5) is 32.5. The van der Waals surface area contributed by atoms with Crippen LogP contribution in [0.2, 0.25) is 5.02 Å². The van der Waals surface area contributed by atoms with Crippen LogP contribution < -0.4 is 9.64 Å². The topological polar surface area (TPSA) is 100.0 Å². The molecule has 1 aliphatic rings. The molecule has 0 saturated carbocycles. The van der Waals surface area contributed by atoms with Crippen molar-refractivity contribution in [2.24, 2.45) is 0 Å². The molecular formula is C25H16BrClN2O5S. The fourth-order valence-corrected chi connectivity index (χ4v) is 5.72. The lowest BCUT2D eigenvalue weighted by Crippen LogP contribution is -2.29. The zero-order valence-corrected chi connectivity index (χ0v) is 21.2. The summed E-state index contributed by atoms with van der Waals surface area (Å²) in [6.07, 6.45) is 0. The molecule has 35 heavy (non-hydrogen) atoms. The quantitative estimate of drug-likeness (QED) is 0.176. The number of aromatic hydroxyl groups is 1. The van der Waals surface area contributed by atoms with Crippen LogP contribution in [0.4, 0.5) is 5.13 Å². The van der Waals surface area contributed by atoms with Gasteiger partial charge in [0, 0.05) is 10.6 Å². The number of anilines is 1. The number of halogens is 2. The first-order valence-corrected chi connectivity index (χ1v) is 12.3. The van der Waals surface area contributed by atoms with Crippen molar-refractivity contribution in [3.05, 3.63) is 86.9 Å². The molecule has 1 unspecified atom stereocenters. The normalized spacial score (nSPS) is 17.3. The number of carbonyl (C=O) groups is 2. The van der Waals surface area contributed by atoms with E-state index in [1.165, 1.54) is 29.4 Å². The van der Waals surface area contributed by atoms with Crippen LogP contribution in [-0.4, -0.2) is 34.0 Å². The molecule has 1 fully saturated rings. The van der Waals surface area contributed by atoms with Crippen molar-refractivity contribution in [2.45, 2.75) is 6.04 Å². The van der Waals surface area contributed by atoms with Gasteiger partial charge in [0.15, 0.2) is 16.6 Å². The average molecular weight is 572 g/mol. The molecule has 1 aromatic heterocycles. The molecule has 10 heteroatoms. The second-order valence-corrected chi connectivity index (χ2v) is 10.00. The Morgan fingerprint density at radius 2 is 1.89 bits per heavy atom. The number of phenolic OH excluding ortho intramolecular Hbond substituents is 1. The molecule has 0 spiro atoms. The zero-order chi connectivity index (χ0) is 24.9. The fraction of sp³-hybridized carbons (Fsp3) is 0.0800. The molecule has 0 bridgehead atoms. The highest BCUT2D eigenvalue weighted by Gasteiger charge is 2.48. The Labute approximate surface area is 217 Å². The number of hydrogen-bond acceptors (Lipinski definition) is 7. The van der Waals surface area contributed by atoms with Crippen molar-refractivity contribution in [3.63, 3.8) is 0 Å². The Hall–Kier alpha value is -3.40. The molecule has 5 rings (SSSR count). The zero-order valence-electron chi connectivity index (χ0n) is 18.0. The minimum atomic E-state index is -1.03. The molecule has 2 N–H and O–H groups in total. The van der Waals surface area contributed by atoms with E-state index < -0.39 is 17.7 Å². The van der Waals surface area contributed by atoms with Gasteiger partial charge in [0.05, 0.1) is 33.4 Å². The lowest BCUT2D eigenvalue weighted by atomic mass is 9.95. The lowest BCUT2D eigenvalue weighted by Gasteiger charge is -2.24. The number of aliphatic hydroxyl groups excluding tert-OH is 1. The number of rotatable bonds is 4. The van der Waals surface area contributed by atoms with Crippen molar-refractivity contribution in [3.8, 4) is 11.5 Å². The van der Waals surface area contributed by atoms with E-state index >= 15 is 0 Å². The summed E-state index contributed by atoms with van der Waals surface area (Å²) in [6, 6.07) is 15.7. The number of carbonyl (C=O) groups excluding carboxylic acids is 2. The molecule has 0 aliphatic carbocycles. The summed E-state index contributed by atoms with van der Waals surface area (Å²) in [7, 11) is 1.39. The first kappa shape index (κ1) is 23.3. The van der Waals surface area contributed by atoms with Gasteiger partial charge in [-0.1, -0.05) is 53.3 Å². The third-order valence-electron chi connectivity index (χ3n) is 5.62. The number of methoxy groups -OCH3 is 1. The number of fused-ring (bicyclic) bond motifs is 1. The smallest absolute Gasteiger partial charge is 0.301 e. The SMILES string of the molecule is COc1cc(C2/C(=C(\O)c3ccccc3)C(=O)C(=O)N2c2nc3ccc(Cl)cc3s2)cc(Br)c1O. The molecule has 1 saturated heterocycles. The molecule has 1 amide bonds. The summed E-state index contributed by atoms with van der Waals surface area (Å²) >= 11 is 10.6. The van der Waals surface area contributed by atoms with E-state index in [1.807, 2.05) is 0 Å². The molecular weight excluding hydrogens is 556 g/mol. The van der Waals surface area contributed by atoms with Crippen molar-refractivity contribution >= 4 is 71.7 Å². The molecule has 2 heterocycles. The summed E-state index contributed by atoms with van der Waals surface area (Å²) in [6.45, 7) is 0. The van der Waals surface area contributed by atoms with Gasteiger partial charge in [-0.3, -0.25) is 14.5 Å². The summed E-state index contributed by atoms with van der Waals surface area (Å²) < 4.78 is 6.32. The molecule has 7 nitrogen and oxygen atoms in total. The number of amides is 1. The van der Waals surface area contributed by atoms with E-state index in [4.69, 9.17) is 16.3 Å². The number of nitrogens with zero attached hydrogens (tertiary/aromatic N) is 2. The van der Waals surface area contributed by atoms with Gasteiger partial charge in [-0.25, -0.2) is 4.98 Å². The van der Waals surface area contributed by atoms with Gasteiger partial charge in [-0.15, -0.1) is 0 Å². The van der Waals surface area contributed by atoms with E-state index in [1.54, 1.807) is 54.6 Å². The predicted molar refractivity (Wildman–Crippen MR) is 138 cm³/mol. The number of aromatic nitrogens is 1. The number of ether oxygens (including phenoxy) is 1. The third kappa shape index (κ3) is 3.95. The first-order chi connectivity index (χ1) is 16.8. The highest BCUT2D eigenvalue weighted by atomic mass is 79.9. The summed E-state index contributed by atoms with van der Waals surface area (Å²) in [5.74, 6) is -2.00. The van der Waals surface area contributed by atoms with Crippen molar-refractivity contribution in [1.29, 1.82) is 0 Å². The van der Waals surface area contributed by atoms with Crippen LogP contribution in [0.25, 0.3) is 16.0 Å². The molecule has 0 radical (unpaired) electrons. The van der Waals surface area contributed by atoms with E-state index in [9.17, 15) is 19.8 Å². The maximum Gasteiger partial charge on any atom is 0.301 e. The van der Waals surface area contributed by atoms with Gasteiger partial charge in [0.25, 0.3) is 5.78 Å². The van der Waals surface area contributed by atoms with Crippen LogP contribution in [0, 0.1) is 0 Å². The Bertz CT molecular complexity index is 1540. The van der Waals surface area contributed by atoms with Crippen LogP contribution in [0.1, 0.15) is 17.2 Å². The molecule has 1 atom stereocenters. The Morgan fingerprint density at radius 3 is 2.60 bits per heavy atom. The van der Waals surface area contributed by atoms with Gasteiger partial charge in [-0.05, 0) is 51.8 Å². The Balaban J connectivity index is 1.78.